The van der Waals surface area contributed by atoms with Gasteiger partial charge in [0.2, 0.25) is 0 Å². The number of likely N-dealkylation sites (tertiary alicyclic amines) is 1. The zero-order valence-corrected chi connectivity index (χ0v) is 10.1. The van der Waals surface area contributed by atoms with E-state index in [2.05, 4.69) is 9.88 Å². The van der Waals surface area contributed by atoms with Crippen molar-refractivity contribution in [3.05, 3.63) is 15.5 Å². The Morgan fingerprint density at radius 2 is 2.47 bits per heavy atom. The van der Waals surface area contributed by atoms with Crippen molar-refractivity contribution in [3.63, 3.8) is 0 Å². The highest BCUT2D eigenvalue weighted by molar-refractivity contribution is 7.15. The summed E-state index contributed by atoms with van der Waals surface area (Å²) in [6.07, 6.45) is 5.38. The lowest BCUT2D eigenvalue weighted by Gasteiger charge is -2.33. The standard InChI is InChI=1S/C10H15ClN2OS/c11-10-12-5-9(15-10)6-13-4-2-1-3-8(13)7-14/h5,8,14H,1-4,6-7H2/t8-/m0/s1. The van der Waals surface area contributed by atoms with Crippen molar-refractivity contribution in [1.82, 2.24) is 9.88 Å². The number of aliphatic hydroxyl groups excluding tert-OH is 1. The van der Waals surface area contributed by atoms with Crippen LogP contribution in [-0.2, 0) is 6.54 Å². The maximum Gasteiger partial charge on any atom is 0.183 e. The van der Waals surface area contributed by atoms with Crippen molar-refractivity contribution in [1.29, 1.82) is 0 Å². The van der Waals surface area contributed by atoms with E-state index < -0.39 is 0 Å². The summed E-state index contributed by atoms with van der Waals surface area (Å²) in [5.41, 5.74) is 0. The molecular weight excluding hydrogens is 232 g/mol. The molecule has 1 atom stereocenters. The SMILES string of the molecule is OC[C@@H]1CCCCN1Cc1cnc(Cl)s1. The van der Waals surface area contributed by atoms with Crippen LogP contribution in [-0.4, -0.2) is 34.2 Å². The molecule has 0 spiro atoms. The van der Waals surface area contributed by atoms with E-state index in [4.69, 9.17) is 11.6 Å². The van der Waals surface area contributed by atoms with E-state index in [0.717, 1.165) is 19.5 Å². The lowest BCUT2D eigenvalue weighted by Crippen LogP contribution is -2.40. The highest BCUT2D eigenvalue weighted by Crippen LogP contribution is 2.23. The summed E-state index contributed by atoms with van der Waals surface area (Å²) in [7, 11) is 0. The first kappa shape index (κ1) is 11.3. The number of piperidine rings is 1. The number of nitrogens with zero attached hydrogens (tertiary/aromatic N) is 2. The third kappa shape index (κ3) is 2.91. The fourth-order valence-electron chi connectivity index (χ4n) is 2.03. The van der Waals surface area contributed by atoms with Crippen molar-refractivity contribution >= 4 is 22.9 Å². The fraction of sp³-hybridized carbons (Fsp3) is 0.700. The Morgan fingerprint density at radius 3 is 3.13 bits per heavy atom. The topological polar surface area (TPSA) is 36.4 Å². The normalized spacial score (nSPS) is 23.2. The molecule has 84 valence electrons. The van der Waals surface area contributed by atoms with Gasteiger partial charge in [-0.15, -0.1) is 11.3 Å². The summed E-state index contributed by atoms with van der Waals surface area (Å²) in [4.78, 5) is 7.54. The third-order valence-electron chi connectivity index (χ3n) is 2.84. The van der Waals surface area contributed by atoms with Crippen LogP contribution < -0.4 is 0 Å². The Labute approximate surface area is 98.7 Å². The van der Waals surface area contributed by atoms with Crippen LogP contribution in [0, 0.1) is 0 Å². The van der Waals surface area contributed by atoms with Crippen LogP contribution in [0.15, 0.2) is 6.20 Å². The molecule has 1 N–H and O–H groups in total. The highest BCUT2D eigenvalue weighted by atomic mass is 35.5. The zero-order chi connectivity index (χ0) is 10.7. The smallest absolute Gasteiger partial charge is 0.183 e. The van der Waals surface area contributed by atoms with E-state index in [1.165, 1.54) is 29.1 Å². The number of hydrogen-bond donors (Lipinski definition) is 1. The summed E-state index contributed by atoms with van der Waals surface area (Å²) in [5.74, 6) is 0. The quantitative estimate of drug-likeness (QED) is 0.888. The largest absolute Gasteiger partial charge is 0.395 e. The molecule has 5 heteroatoms. The van der Waals surface area contributed by atoms with Crippen LogP contribution in [0.1, 0.15) is 24.1 Å². The number of thiazole rings is 1. The first-order chi connectivity index (χ1) is 7.29. The summed E-state index contributed by atoms with van der Waals surface area (Å²) in [6.45, 7) is 2.20. The lowest BCUT2D eigenvalue weighted by atomic mass is 10.0. The molecule has 1 saturated heterocycles. The van der Waals surface area contributed by atoms with Crippen LogP contribution in [0.5, 0.6) is 0 Å². The molecule has 0 amide bonds. The van der Waals surface area contributed by atoms with E-state index in [-0.39, 0.29) is 6.61 Å². The minimum Gasteiger partial charge on any atom is -0.395 e. The van der Waals surface area contributed by atoms with Crippen molar-refractivity contribution in [3.8, 4) is 0 Å². The van der Waals surface area contributed by atoms with Gasteiger partial charge >= 0.3 is 0 Å². The molecular formula is C10H15ClN2OS. The Balaban J connectivity index is 1.97. The van der Waals surface area contributed by atoms with E-state index in [1.54, 1.807) is 0 Å². The van der Waals surface area contributed by atoms with Crippen LogP contribution in [0.3, 0.4) is 0 Å². The van der Waals surface area contributed by atoms with Gasteiger partial charge in [0, 0.05) is 23.7 Å². The second-order valence-electron chi connectivity index (χ2n) is 3.88. The van der Waals surface area contributed by atoms with Crippen molar-refractivity contribution in [2.24, 2.45) is 0 Å². The second-order valence-corrected chi connectivity index (χ2v) is 5.58. The summed E-state index contributed by atoms with van der Waals surface area (Å²) >= 11 is 7.31. The van der Waals surface area contributed by atoms with Gasteiger partial charge in [-0.2, -0.15) is 0 Å². The van der Waals surface area contributed by atoms with Crippen LogP contribution in [0.4, 0.5) is 0 Å². The minimum atomic E-state index is 0.256. The molecule has 1 aliphatic rings. The zero-order valence-electron chi connectivity index (χ0n) is 8.53. The summed E-state index contributed by atoms with van der Waals surface area (Å²) in [5, 5.41) is 9.26. The van der Waals surface area contributed by atoms with Crippen LogP contribution >= 0.6 is 22.9 Å². The molecule has 0 aromatic carbocycles. The Morgan fingerprint density at radius 1 is 1.60 bits per heavy atom. The van der Waals surface area contributed by atoms with Gasteiger partial charge in [-0.1, -0.05) is 18.0 Å². The monoisotopic (exact) mass is 246 g/mol. The van der Waals surface area contributed by atoms with Crippen LogP contribution in [0.2, 0.25) is 4.47 Å². The van der Waals surface area contributed by atoms with Crippen molar-refractivity contribution in [2.75, 3.05) is 13.2 Å². The van der Waals surface area contributed by atoms with E-state index >= 15 is 0 Å². The van der Waals surface area contributed by atoms with Crippen molar-refractivity contribution < 1.29 is 5.11 Å². The van der Waals surface area contributed by atoms with Gasteiger partial charge in [-0.05, 0) is 19.4 Å². The van der Waals surface area contributed by atoms with Gasteiger partial charge in [0.1, 0.15) is 0 Å². The van der Waals surface area contributed by atoms with Gasteiger partial charge in [0.05, 0.1) is 6.61 Å². The molecule has 1 aromatic rings. The molecule has 2 heterocycles. The molecule has 0 unspecified atom stereocenters. The molecule has 0 aliphatic carbocycles. The molecule has 1 fully saturated rings. The van der Waals surface area contributed by atoms with E-state index in [1.807, 2.05) is 6.20 Å². The Bertz CT molecular complexity index is 318. The first-order valence-corrected chi connectivity index (χ1v) is 6.44. The number of rotatable bonds is 3. The maximum absolute atomic E-state index is 9.26. The molecule has 0 saturated carbocycles. The fourth-order valence-corrected chi connectivity index (χ4v) is 3.04. The number of halogens is 1. The molecule has 2 rings (SSSR count). The maximum atomic E-state index is 9.26. The van der Waals surface area contributed by atoms with Gasteiger partial charge in [-0.25, -0.2) is 4.98 Å². The Hall–Kier alpha value is -0.160. The molecule has 1 aromatic heterocycles. The van der Waals surface area contributed by atoms with E-state index in [0.29, 0.717) is 10.5 Å². The average molecular weight is 247 g/mol. The first-order valence-electron chi connectivity index (χ1n) is 5.24. The third-order valence-corrected chi connectivity index (χ3v) is 3.94. The molecule has 1 aliphatic heterocycles. The van der Waals surface area contributed by atoms with Gasteiger partial charge in [0.15, 0.2) is 4.47 Å². The summed E-state index contributed by atoms with van der Waals surface area (Å²) in [6, 6.07) is 0.319. The lowest BCUT2D eigenvalue weighted by molar-refractivity contribution is 0.0849. The van der Waals surface area contributed by atoms with E-state index in [9.17, 15) is 5.11 Å². The molecule has 15 heavy (non-hydrogen) atoms. The minimum absolute atomic E-state index is 0.256. The molecule has 0 radical (unpaired) electrons. The predicted octanol–water partition coefficient (Wildman–Crippen LogP) is 2.14. The van der Waals surface area contributed by atoms with Gasteiger partial charge in [0.25, 0.3) is 0 Å². The van der Waals surface area contributed by atoms with Gasteiger partial charge in [-0.3, -0.25) is 4.90 Å². The second kappa shape index (κ2) is 5.25. The summed E-state index contributed by atoms with van der Waals surface area (Å²) < 4.78 is 0.600. The highest BCUT2D eigenvalue weighted by Gasteiger charge is 2.21. The van der Waals surface area contributed by atoms with Crippen LogP contribution in [0.25, 0.3) is 0 Å². The molecule has 3 nitrogen and oxygen atoms in total. The predicted molar refractivity (Wildman–Crippen MR) is 62.3 cm³/mol. The molecule has 0 bridgehead atoms. The number of hydrogen-bond acceptors (Lipinski definition) is 4. The van der Waals surface area contributed by atoms with Crippen molar-refractivity contribution in [2.45, 2.75) is 31.8 Å². The Kier molecular flexibility index (Phi) is 3.97. The van der Waals surface area contributed by atoms with Gasteiger partial charge < -0.3 is 5.11 Å². The number of aliphatic hydroxyl groups is 1. The average Bonchev–Trinajstić information content (AvgIpc) is 2.65. The number of aromatic nitrogens is 1.